The van der Waals surface area contributed by atoms with Crippen LogP contribution in [0.25, 0.3) is 0 Å². The van der Waals surface area contributed by atoms with E-state index in [9.17, 15) is 4.79 Å². The molecule has 2 fully saturated rings. The maximum absolute atomic E-state index is 11.0. The van der Waals surface area contributed by atoms with Crippen LogP contribution in [0.5, 0.6) is 0 Å². The van der Waals surface area contributed by atoms with Crippen LogP contribution in [-0.2, 0) is 11.2 Å². The summed E-state index contributed by atoms with van der Waals surface area (Å²) in [6, 6.07) is 1.37. The minimum absolute atomic E-state index is 0.164. The third kappa shape index (κ3) is 2.56. The molecule has 0 aliphatic carbocycles. The van der Waals surface area contributed by atoms with Gasteiger partial charge in [0, 0.05) is 30.8 Å². The number of hydrogen-bond donors (Lipinski definition) is 0. The van der Waals surface area contributed by atoms with E-state index in [1.807, 2.05) is 0 Å². The second-order valence-electron chi connectivity index (χ2n) is 5.97. The van der Waals surface area contributed by atoms with E-state index in [2.05, 4.69) is 22.1 Å². The van der Waals surface area contributed by atoms with Crippen molar-refractivity contribution in [3.05, 3.63) is 11.7 Å². The van der Waals surface area contributed by atoms with Crippen LogP contribution in [0.4, 0.5) is 0 Å². The average molecular weight is 263 g/mol. The highest BCUT2D eigenvalue weighted by molar-refractivity contribution is 5.75. The fraction of sp³-hybridized carbons (Fsp3) is 0.786. The van der Waals surface area contributed by atoms with Crippen molar-refractivity contribution in [3.8, 4) is 0 Å². The SMILES string of the molecule is CC(=O)CCc1nc(C2CC3CCC(C2)N3C)no1. The van der Waals surface area contributed by atoms with Gasteiger partial charge in [-0.05, 0) is 39.7 Å². The van der Waals surface area contributed by atoms with Crippen molar-refractivity contribution in [2.75, 3.05) is 7.05 Å². The lowest BCUT2D eigenvalue weighted by molar-refractivity contribution is -0.117. The first-order chi connectivity index (χ1) is 9.13. The molecule has 0 saturated carbocycles. The molecule has 2 unspecified atom stereocenters. The first-order valence-electron chi connectivity index (χ1n) is 7.17. The molecule has 5 heteroatoms. The van der Waals surface area contributed by atoms with Crippen molar-refractivity contribution < 1.29 is 9.32 Å². The third-order valence-electron chi connectivity index (χ3n) is 4.64. The van der Waals surface area contributed by atoms with E-state index in [4.69, 9.17) is 4.52 Å². The first kappa shape index (κ1) is 12.8. The van der Waals surface area contributed by atoms with Crippen LogP contribution in [0.2, 0.25) is 0 Å². The Kier molecular flexibility index (Phi) is 3.39. The predicted molar refractivity (Wildman–Crippen MR) is 69.8 cm³/mol. The number of carbonyl (C=O) groups excluding carboxylic acids is 1. The number of aryl methyl sites for hydroxylation is 1. The van der Waals surface area contributed by atoms with Crippen LogP contribution < -0.4 is 0 Å². The number of nitrogens with zero attached hydrogens (tertiary/aromatic N) is 3. The number of hydrogen-bond acceptors (Lipinski definition) is 5. The standard InChI is InChI=1S/C14H21N3O2/c1-9(18)3-6-13-15-14(16-19-13)10-7-11-4-5-12(8-10)17(11)2/h10-12H,3-8H2,1-2H3. The summed E-state index contributed by atoms with van der Waals surface area (Å²) in [7, 11) is 2.23. The lowest BCUT2D eigenvalue weighted by Gasteiger charge is -2.34. The molecule has 2 aliphatic rings. The Hall–Kier alpha value is -1.23. The minimum atomic E-state index is 0.164. The topological polar surface area (TPSA) is 59.2 Å². The summed E-state index contributed by atoms with van der Waals surface area (Å²) in [5.41, 5.74) is 0. The molecule has 3 rings (SSSR count). The van der Waals surface area contributed by atoms with E-state index in [0.717, 1.165) is 18.7 Å². The fourth-order valence-electron chi connectivity index (χ4n) is 3.44. The van der Waals surface area contributed by atoms with Gasteiger partial charge in [-0.15, -0.1) is 0 Å². The first-order valence-corrected chi connectivity index (χ1v) is 7.17. The van der Waals surface area contributed by atoms with Crippen LogP contribution in [0.3, 0.4) is 0 Å². The zero-order valence-electron chi connectivity index (χ0n) is 11.6. The van der Waals surface area contributed by atoms with E-state index in [1.165, 1.54) is 12.8 Å². The average Bonchev–Trinajstić information content (AvgIpc) is 2.90. The second-order valence-corrected chi connectivity index (χ2v) is 5.97. The van der Waals surface area contributed by atoms with E-state index >= 15 is 0 Å². The molecule has 3 heterocycles. The highest BCUT2D eigenvalue weighted by Crippen LogP contribution is 2.41. The monoisotopic (exact) mass is 263 g/mol. The zero-order valence-corrected chi connectivity index (χ0v) is 11.6. The molecular weight excluding hydrogens is 242 g/mol. The van der Waals surface area contributed by atoms with Crippen molar-refractivity contribution in [1.29, 1.82) is 0 Å². The van der Waals surface area contributed by atoms with Gasteiger partial charge in [0.1, 0.15) is 5.78 Å². The molecule has 0 N–H and O–H groups in total. The molecule has 0 spiro atoms. The van der Waals surface area contributed by atoms with E-state index in [1.54, 1.807) is 6.92 Å². The number of rotatable bonds is 4. The molecule has 0 radical (unpaired) electrons. The van der Waals surface area contributed by atoms with Gasteiger partial charge < -0.3 is 14.2 Å². The molecule has 104 valence electrons. The molecule has 1 aromatic rings. The van der Waals surface area contributed by atoms with Gasteiger partial charge in [0.2, 0.25) is 5.89 Å². The van der Waals surface area contributed by atoms with Crippen LogP contribution in [-0.4, -0.2) is 40.0 Å². The molecule has 19 heavy (non-hydrogen) atoms. The van der Waals surface area contributed by atoms with Crippen LogP contribution in [0, 0.1) is 0 Å². The summed E-state index contributed by atoms with van der Waals surface area (Å²) < 4.78 is 5.26. The number of fused-ring (bicyclic) bond motifs is 2. The number of piperidine rings is 1. The van der Waals surface area contributed by atoms with Crippen molar-refractivity contribution in [3.63, 3.8) is 0 Å². The molecule has 2 aliphatic heterocycles. The molecule has 1 aromatic heterocycles. The largest absolute Gasteiger partial charge is 0.339 e. The maximum Gasteiger partial charge on any atom is 0.227 e. The Balaban J connectivity index is 1.65. The van der Waals surface area contributed by atoms with E-state index in [-0.39, 0.29) is 5.78 Å². The van der Waals surface area contributed by atoms with Gasteiger partial charge in [0.05, 0.1) is 0 Å². The molecule has 2 atom stereocenters. The molecule has 2 saturated heterocycles. The number of ketones is 1. The summed E-state index contributed by atoms with van der Waals surface area (Å²) in [5, 5.41) is 4.12. The zero-order chi connectivity index (χ0) is 13.4. The summed E-state index contributed by atoms with van der Waals surface area (Å²) >= 11 is 0. The molecular formula is C14H21N3O2. The van der Waals surface area contributed by atoms with E-state index in [0.29, 0.717) is 36.7 Å². The quantitative estimate of drug-likeness (QED) is 0.830. The Morgan fingerprint density at radius 3 is 2.68 bits per heavy atom. The van der Waals surface area contributed by atoms with Gasteiger partial charge >= 0.3 is 0 Å². The summed E-state index contributed by atoms with van der Waals surface area (Å²) in [6.45, 7) is 1.59. The van der Waals surface area contributed by atoms with Gasteiger partial charge in [-0.1, -0.05) is 5.16 Å². The van der Waals surface area contributed by atoms with Crippen LogP contribution >= 0.6 is 0 Å². The lowest BCUT2D eigenvalue weighted by Crippen LogP contribution is -2.39. The fourth-order valence-corrected chi connectivity index (χ4v) is 3.44. The van der Waals surface area contributed by atoms with Crippen molar-refractivity contribution in [2.24, 2.45) is 0 Å². The molecule has 0 aromatic carbocycles. The molecule has 0 amide bonds. The second kappa shape index (κ2) is 5.04. The minimum Gasteiger partial charge on any atom is -0.339 e. The van der Waals surface area contributed by atoms with Crippen LogP contribution in [0.15, 0.2) is 4.52 Å². The van der Waals surface area contributed by atoms with Crippen molar-refractivity contribution in [2.45, 2.75) is 63.5 Å². The lowest BCUT2D eigenvalue weighted by atomic mass is 9.90. The number of aromatic nitrogens is 2. The van der Waals surface area contributed by atoms with Gasteiger partial charge in [-0.3, -0.25) is 0 Å². The number of carbonyl (C=O) groups is 1. The summed E-state index contributed by atoms with van der Waals surface area (Å²) in [5.74, 6) is 2.06. The van der Waals surface area contributed by atoms with E-state index < -0.39 is 0 Å². The molecule has 5 nitrogen and oxygen atoms in total. The Morgan fingerprint density at radius 2 is 2.05 bits per heavy atom. The Morgan fingerprint density at radius 1 is 1.37 bits per heavy atom. The normalized spacial score (nSPS) is 30.7. The van der Waals surface area contributed by atoms with Crippen molar-refractivity contribution in [1.82, 2.24) is 15.0 Å². The summed E-state index contributed by atoms with van der Waals surface area (Å²) in [6.07, 6.45) is 5.93. The van der Waals surface area contributed by atoms with Gasteiger partial charge in [-0.2, -0.15) is 4.98 Å². The smallest absolute Gasteiger partial charge is 0.227 e. The highest BCUT2D eigenvalue weighted by Gasteiger charge is 2.40. The molecule has 2 bridgehead atoms. The Bertz CT molecular complexity index is 457. The van der Waals surface area contributed by atoms with Gasteiger partial charge in [0.25, 0.3) is 0 Å². The summed E-state index contributed by atoms with van der Waals surface area (Å²) in [4.78, 5) is 17.9. The third-order valence-corrected chi connectivity index (χ3v) is 4.64. The maximum atomic E-state index is 11.0. The Labute approximate surface area is 113 Å². The van der Waals surface area contributed by atoms with Crippen molar-refractivity contribution >= 4 is 5.78 Å². The van der Waals surface area contributed by atoms with Crippen LogP contribution in [0.1, 0.15) is 56.7 Å². The number of Topliss-reactive ketones (excluding diaryl/α,β-unsaturated/α-hetero) is 1. The predicted octanol–water partition coefficient (Wildman–Crippen LogP) is 1.93. The highest BCUT2D eigenvalue weighted by atomic mass is 16.5. The van der Waals surface area contributed by atoms with Gasteiger partial charge in [-0.25, -0.2) is 0 Å². The van der Waals surface area contributed by atoms with Gasteiger partial charge in [0.15, 0.2) is 5.82 Å².